The molecule has 4 nitrogen and oxygen atoms in total. The number of carbonyl (C=O) groups excluding carboxylic acids is 1. The summed E-state index contributed by atoms with van der Waals surface area (Å²) in [6.45, 7) is 0. The van der Waals surface area contributed by atoms with Crippen LogP contribution in [0, 0.1) is 0 Å². The quantitative estimate of drug-likeness (QED) is 0.862. The second-order valence-corrected chi connectivity index (χ2v) is 4.60. The van der Waals surface area contributed by atoms with Gasteiger partial charge in [0.1, 0.15) is 5.69 Å². The molecule has 1 saturated carbocycles. The number of hydrogen-bond acceptors (Lipinski definition) is 3. The summed E-state index contributed by atoms with van der Waals surface area (Å²) >= 11 is 0. The summed E-state index contributed by atoms with van der Waals surface area (Å²) < 4.78 is 37.0. The minimum absolute atomic E-state index is 0.0913. The molecule has 3 N–H and O–H groups in total. The van der Waals surface area contributed by atoms with Crippen LogP contribution >= 0.6 is 0 Å². The van der Waals surface area contributed by atoms with E-state index in [4.69, 9.17) is 5.73 Å². The van der Waals surface area contributed by atoms with Crippen molar-refractivity contribution in [3.8, 4) is 0 Å². The molecule has 7 heteroatoms. The molecule has 0 radical (unpaired) electrons. The predicted octanol–water partition coefficient (Wildman–Crippen LogP) is 1.71. The summed E-state index contributed by atoms with van der Waals surface area (Å²) in [6.07, 6.45) is -0.990. The first-order valence-corrected chi connectivity index (χ1v) is 5.97. The van der Waals surface area contributed by atoms with Gasteiger partial charge in [0.15, 0.2) is 0 Å². The highest BCUT2D eigenvalue weighted by Gasteiger charge is 2.32. The maximum Gasteiger partial charge on any atom is 0.433 e. The highest BCUT2D eigenvalue weighted by molar-refractivity contribution is 5.94. The van der Waals surface area contributed by atoms with E-state index in [9.17, 15) is 18.0 Å². The van der Waals surface area contributed by atoms with Crippen molar-refractivity contribution in [3.05, 3.63) is 29.6 Å². The van der Waals surface area contributed by atoms with Gasteiger partial charge in [0, 0.05) is 18.3 Å². The van der Waals surface area contributed by atoms with E-state index in [0.29, 0.717) is 0 Å². The molecule has 0 aromatic carbocycles. The minimum atomic E-state index is -4.50. The lowest BCUT2D eigenvalue weighted by atomic mass is 10.1. The topological polar surface area (TPSA) is 68.0 Å². The smallest absolute Gasteiger partial charge is 0.348 e. The van der Waals surface area contributed by atoms with E-state index in [0.717, 1.165) is 37.6 Å². The molecule has 104 valence electrons. The Morgan fingerprint density at radius 3 is 2.58 bits per heavy atom. The van der Waals surface area contributed by atoms with Gasteiger partial charge in [-0.25, -0.2) is 0 Å². The molecule has 1 aromatic rings. The van der Waals surface area contributed by atoms with Crippen LogP contribution in [0.1, 0.15) is 35.3 Å². The monoisotopic (exact) mass is 273 g/mol. The van der Waals surface area contributed by atoms with E-state index >= 15 is 0 Å². The van der Waals surface area contributed by atoms with Gasteiger partial charge in [0.05, 0.1) is 5.56 Å². The molecule has 0 bridgehead atoms. The van der Waals surface area contributed by atoms with Crippen LogP contribution in [0.15, 0.2) is 18.3 Å². The lowest BCUT2D eigenvalue weighted by molar-refractivity contribution is -0.141. The van der Waals surface area contributed by atoms with Crippen molar-refractivity contribution in [2.24, 2.45) is 5.73 Å². The molecule has 1 amide bonds. The van der Waals surface area contributed by atoms with Crippen LogP contribution in [-0.4, -0.2) is 23.0 Å². The van der Waals surface area contributed by atoms with Gasteiger partial charge < -0.3 is 11.1 Å². The van der Waals surface area contributed by atoms with Gasteiger partial charge in [-0.3, -0.25) is 9.78 Å². The first-order valence-electron chi connectivity index (χ1n) is 5.97. The molecule has 1 fully saturated rings. The van der Waals surface area contributed by atoms with Crippen LogP contribution < -0.4 is 11.1 Å². The first-order chi connectivity index (χ1) is 8.88. The van der Waals surface area contributed by atoms with Crippen LogP contribution in [0.5, 0.6) is 0 Å². The summed E-state index contributed by atoms with van der Waals surface area (Å²) in [6, 6.07) is 1.70. The van der Waals surface area contributed by atoms with E-state index in [1.807, 2.05) is 0 Å². The molecule has 2 rings (SSSR count). The third-order valence-electron chi connectivity index (χ3n) is 3.20. The molecular weight excluding hydrogens is 259 g/mol. The molecular formula is C12H14F3N3O. The van der Waals surface area contributed by atoms with Crippen LogP contribution in [0.4, 0.5) is 13.2 Å². The maximum absolute atomic E-state index is 12.3. The second kappa shape index (κ2) is 5.16. The fourth-order valence-electron chi connectivity index (χ4n) is 2.12. The Morgan fingerprint density at radius 2 is 2.11 bits per heavy atom. The molecule has 1 aromatic heterocycles. The molecule has 1 aliphatic rings. The molecule has 0 saturated heterocycles. The number of alkyl halides is 3. The van der Waals surface area contributed by atoms with Gasteiger partial charge >= 0.3 is 6.18 Å². The number of nitrogens with zero attached hydrogens (tertiary/aromatic N) is 1. The highest BCUT2D eigenvalue weighted by atomic mass is 19.4. The lowest BCUT2D eigenvalue weighted by Gasteiger charge is -2.17. The summed E-state index contributed by atoms with van der Waals surface area (Å²) in [5.74, 6) is -0.441. The number of rotatable bonds is 2. The molecule has 2 unspecified atom stereocenters. The minimum Gasteiger partial charge on any atom is -0.348 e. The van der Waals surface area contributed by atoms with Crippen molar-refractivity contribution in [2.75, 3.05) is 0 Å². The molecule has 0 aliphatic heterocycles. The number of pyridine rings is 1. The first kappa shape index (κ1) is 13.8. The number of aromatic nitrogens is 1. The molecule has 1 heterocycles. The Balaban J connectivity index is 2.03. The average molecular weight is 273 g/mol. The van der Waals surface area contributed by atoms with Gasteiger partial charge in [-0.05, 0) is 31.4 Å². The van der Waals surface area contributed by atoms with Crippen molar-refractivity contribution in [3.63, 3.8) is 0 Å². The Morgan fingerprint density at radius 1 is 1.37 bits per heavy atom. The number of amides is 1. The van der Waals surface area contributed by atoms with Gasteiger partial charge in [-0.15, -0.1) is 0 Å². The normalized spacial score (nSPS) is 23.4. The zero-order valence-electron chi connectivity index (χ0n) is 10.1. The van der Waals surface area contributed by atoms with Crippen LogP contribution in [0.25, 0.3) is 0 Å². The van der Waals surface area contributed by atoms with Gasteiger partial charge in [-0.1, -0.05) is 0 Å². The zero-order chi connectivity index (χ0) is 14.0. The van der Waals surface area contributed by atoms with Crippen molar-refractivity contribution in [1.29, 1.82) is 0 Å². The van der Waals surface area contributed by atoms with E-state index in [1.54, 1.807) is 0 Å². The van der Waals surface area contributed by atoms with Crippen LogP contribution in [0.2, 0.25) is 0 Å². The summed E-state index contributed by atoms with van der Waals surface area (Å²) in [5, 5.41) is 2.72. The fourth-order valence-corrected chi connectivity index (χ4v) is 2.12. The fraction of sp³-hybridized carbons (Fsp3) is 0.500. The number of nitrogens with two attached hydrogens (primary N) is 1. The van der Waals surface area contributed by atoms with Gasteiger partial charge in [0.25, 0.3) is 5.91 Å². The Bertz CT molecular complexity index is 458. The maximum atomic E-state index is 12.3. The van der Waals surface area contributed by atoms with Crippen molar-refractivity contribution in [1.82, 2.24) is 10.3 Å². The lowest BCUT2D eigenvalue weighted by Crippen LogP contribution is -2.44. The Labute approximate surface area is 108 Å². The Kier molecular flexibility index (Phi) is 3.75. The average Bonchev–Trinajstić information content (AvgIpc) is 2.74. The van der Waals surface area contributed by atoms with Gasteiger partial charge in [-0.2, -0.15) is 13.2 Å². The number of nitrogens with one attached hydrogen (secondary N) is 1. The van der Waals surface area contributed by atoms with Crippen molar-refractivity contribution < 1.29 is 18.0 Å². The van der Waals surface area contributed by atoms with Crippen LogP contribution in [-0.2, 0) is 6.18 Å². The van der Waals surface area contributed by atoms with Crippen molar-refractivity contribution in [2.45, 2.75) is 37.5 Å². The number of hydrogen-bond donors (Lipinski definition) is 2. The summed E-state index contributed by atoms with van der Waals surface area (Å²) in [4.78, 5) is 15.1. The summed E-state index contributed by atoms with van der Waals surface area (Å²) in [5.41, 5.74) is 4.90. The number of carbonyl (C=O) groups is 1. The van der Waals surface area contributed by atoms with E-state index in [-0.39, 0.29) is 17.6 Å². The van der Waals surface area contributed by atoms with Crippen LogP contribution in [0.3, 0.4) is 0 Å². The molecule has 1 aliphatic carbocycles. The third-order valence-corrected chi connectivity index (χ3v) is 3.20. The van der Waals surface area contributed by atoms with Crippen molar-refractivity contribution >= 4 is 5.91 Å². The molecule has 2 atom stereocenters. The largest absolute Gasteiger partial charge is 0.433 e. The van der Waals surface area contributed by atoms with E-state index < -0.39 is 17.8 Å². The molecule has 19 heavy (non-hydrogen) atoms. The van der Waals surface area contributed by atoms with E-state index in [2.05, 4.69) is 10.3 Å². The Hall–Kier alpha value is -1.63. The standard InChI is InChI=1S/C12H14F3N3O/c13-12(14,15)10-5-4-7(6-17-10)11(19)18-9-3-1-2-8(9)16/h4-6,8-9H,1-3,16H2,(H,18,19). The SMILES string of the molecule is NC1CCCC1NC(=O)c1ccc(C(F)(F)F)nc1. The highest BCUT2D eigenvalue weighted by Crippen LogP contribution is 2.27. The van der Waals surface area contributed by atoms with E-state index in [1.165, 1.54) is 0 Å². The number of halogens is 3. The molecule has 0 spiro atoms. The summed E-state index contributed by atoms with van der Waals surface area (Å²) in [7, 11) is 0. The second-order valence-electron chi connectivity index (χ2n) is 4.60. The predicted molar refractivity (Wildman–Crippen MR) is 62.3 cm³/mol. The van der Waals surface area contributed by atoms with Gasteiger partial charge in [0.2, 0.25) is 0 Å². The zero-order valence-corrected chi connectivity index (χ0v) is 10.1. The third kappa shape index (κ3) is 3.23.